The van der Waals surface area contributed by atoms with E-state index in [1.165, 1.54) is 25.7 Å². The van der Waals surface area contributed by atoms with Gasteiger partial charge in [0.2, 0.25) is 5.91 Å². The molecule has 5 heteroatoms. The van der Waals surface area contributed by atoms with Gasteiger partial charge in [0.15, 0.2) is 0 Å². The maximum atomic E-state index is 11.5. The highest BCUT2D eigenvalue weighted by Crippen LogP contribution is 2.49. The molecule has 2 N–H and O–H groups in total. The Morgan fingerprint density at radius 2 is 2.12 bits per heavy atom. The standard InChI is InChI=1S/C12H19ClN2O2/c1-7(14-12(17)15-11(16)6-13)10-5-8-2-3-9(10)4-8/h7-10H,2-6H2,1H3,(H2,14,15,16,17)/t7-,8-,9-,10+/m0/s1. The molecule has 0 aromatic heterocycles. The Morgan fingerprint density at radius 3 is 2.65 bits per heavy atom. The van der Waals surface area contributed by atoms with Gasteiger partial charge in [-0.05, 0) is 43.9 Å². The van der Waals surface area contributed by atoms with Crippen molar-refractivity contribution in [1.82, 2.24) is 10.6 Å². The third-order valence-electron chi connectivity index (χ3n) is 4.17. The second-order valence-electron chi connectivity index (χ2n) is 5.28. The zero-order valence-corrected chi connectivity index (χ0v) is 10.8. The topological polar surface area (TPSA) is 58.2 Å². The van der Waals surface area contributed by atoms with Gasteiger partial charge in [0.05, 0.1) is 0 Å². The number of nitrogens with one attached hydrogen (secondary N) is 2. The minimum Gasteiger partial charge on any atom is -0.335 e. The van der Waals surface area contributed by atoms with Crippen LogP contribution in [0, 0.1) is 17.8 Å². The number of urea groups is 1. The summed E-state index contributed by atoms with van der Waals surface area (Å²) in [5.41, 5.74) is 0. The minimum atomic E-state index is -0.454. The number of hydrogen-bond donors (Lipinski definition) is 2. The lowest BCUT2D eigenvalue weighted by Gasteiger charge is -2.28. The molecular formula is C12H19ClN2O2. The molecule has 0 saturated heterocycles. The lowest BCUT2D eigenvalue weighted by molar-refractivity contribution is -0.117. The minimum absolute atomic E-state index is 0.133. The summed E-state index contributed by atoms with van der Waals surface area (Å²) < 4.78 is 0. The van der Waals surface area contributed by atoms with E-state index in [1.54, 1.807) is 0 Å². The lowest BCUT2D eigenvalue weighted by atomic mass is 9.84. The van der Waals surface area contributed by atoms with E-state index in [1.807, 2.05) is 6.92 Å². The highest BCUT2D eigenvalue weighted by atomic mass is 35.5. The van der Waals surface area contributed by atoms with Crippen molar-refractivity contribution >= 4 is 23.5 Å². The normalized spacial score (nSPS) is 32.2. The number of carbonyl (C=O) groups excluding carboxylic acids is 2. The van der Waals surface area contributed by atoms with Gasteiger partial charge in [-0.3, -0.25) is 10.1 Å². The summed E-state index contributed by atoms with van der Waals surface area (Å²) in [6.07, 6.45) is 5.18. The van der Waals surface area contributed by atoms with Crippen molar-refractivity contribution in [2.45, 2.75) is 38.6 Å². The molecule has 0 aliphatic heterocycles. The number of halogens is 1. The Balaban J connectivity index is 1.79. The van der Waals surface area contributed by atoms with Gasteiger partial charge in [0.1, 0.15) is 5.88 Å². The van der Waals surface area contributed by atoms with E-state index in [2.05, 4.69) is 10.6 Å². The first-order valence-electron chi connectivity index (χ1n) is 6.26. The van der Waals surface area contributed by atoms with Gasteiger partial charge in [0, 0.05) is 6.04 Å². The Morgan fingerprint density at radius 1 is 1.35 bits per heavy atom. The molecule has 96 valence electrons. The van der Waals surface area contributed by atoms with Gasteiger partial charge < -0.3 is 5.32 Å². The molecule has 3 amide bonds. The summed E-state index contributed by atoms with van der Waals surface area (Å²) in [6, 6.07) is -0.292. The number of imide groups is 1. The molecule has 2 aliphatic carbocycles. The van der Waals surface area contributed by atoms with E-state index in [9.17, 15) is 9.59 Å². The zero-order chi connectivity index (χ0) is 12.4. The molecule has 4 atom stereocenters. The lowest BCUT2D eigenvalue weighted by Crippen LogP contribution is -2.47. The molecule has 0 aromatic carbocycles. The molecule has 2 rings (SSSR count). The van der Waals surface area contributed by atoms with E-state index < -0.39 is 11.9 Å². The molecule has 2 saturated carbocycles. The van der Waals surface area contributed by atoms with Crippen molar-refractivity contribution in [2.75, 3.05) is 5.88 Å². The predicted octanol–water partition coefficient (Wildman–Crippen LogP) is 1.88. The Hall–Kier alpha value is -0.770. The van der Waals surface area contributed by atoms with E-state index >= 15 is 0 Å². The second-order valence-corrected chi connectivity index (χ2v) is 5.55. The summed E-state index contributed by atoms with van der Waals surface area (Å²) in [6.45, 7) is 2.02. The number of rotatable bonds is 3. The number of hydrogen-bond acceptors (Lipinski definition) is 2. The first-order chi connectivity index (χ1) is 8.10. The number of amides is 3. The van der Waals surface area contributed by atoms with Crippen LogP contribution in [-0.4, -0.2) is 23.9 Å². The van der Waals surface area contributed by atoms with Crippen LogP contribution in [0.25, 0.3) is 0 Å². The maximum Gasteiger partial charge on any atom is 0.321 e. The molecule has 0 spiro atoms. The van der Waals surface area contributed by atoms with Crippen LogP contribution in [0.15, 0.2) is 0 Å². The first kappa shape index (κ1) is 12.7. The molecule has 0 unspecified atom stereocenters. The van der Waals surface area contributed by atoms with E-state index in [0.717, 1.165) is 11.8 Å². The number of carbonyl (C=O) groups is 2. The number of alkyl halides is 1. The largest absolute Gasteiger partial charge is 0.335 e. The molecule has 2 bridgehead atoms. The van der Waals surface area contributed by atoms with Gasteiger partial charge >= 0.3 is 6.03 Å². The van der Waals surface area contributed by atoms with Crippen molar-refractivity contribution < 1.29 is 9.59 Å². The average molecular weight is 259 g/mol. The maximum absolute atomic E-state index is 11.5. The Kier molecular flexibility index (Phi) is 3.92. The fourth-order valence-corrected chi connectivity index (χ4v) is 3.48. The molecule has 17 heavy (non-hydrogen) atoms. The van der Waals surface area contributed by atoms with Crippen LogP contribution in [0.4, 0.5) is 4.79 Å². The van der Waals surface area contributed by atoms with Gasteiger partial charge in [-0.2, -0.15) is 0 Å². The van der Waals surface area contributed by atoms with Crippen molar-refractivity contribution in [3.63, 3.8) is 0 Å². The van der Waals surface area contributed by atoms with Crippen LogP contribution in [0.3, 0.4) is 0 Å². The summed E-state index contributed by atoms with van der Waals surface area (Å²) in [5.74, 6) is 1.56. The van der Waals surface area contributed by atoms with E-state index in [0.29, 0.717) is 5.92 Å². The summed E-state index contributed by atoms with van der Waals surface area (Å²) in [7, 11) is 0. The van der Waals surface area contributed by atoms with Crippen molar-refractivity contribution in [3.05, 3.63) is 0 Å². The van der Waals surface area contributed by atoms with E-state index in [-0.39, 0.29) is 11.9 Å². The van der Waals surface area contributed by atoms with Gasteiger partial charge in [-0.1, -0.05) is 6.42 Å². The Labute approximate surface area is 106 Å². The second kappa shape index (κ2) is 5.25. The van der Waals surface area contributed by atoms with Crippen molar-refractivity contribution in [2.24, 2.45) is 17.8 Å². The van der Waals surface area contributed by atoms with Gasteiger partial charge in [-0.15, -0.1) is 11.6 Å². The summed E-state index contributed by atoms with van der Waals surface area (Å²) >= 11 is 5.32. The molecule has 4 nitrogen and oxygen atoms in total. The molecular weight excluding hydrogens is 240 g/mol. The van der Waals surface area contributed by atoms with Crippen LogP contribution in [0.5, 0.6) is 0 Å². The fraction of sp³-hybridized carbons (Fsp3) is 0.833. The van der Waals surface area contributed by atoms with E-state index in [4.69, 9.17) is 11.6 Å². The highest BCUT2D eigenvalue weighted by molar-refractivity contribution is 6.28. The molecule has 2 fully saturated rings. The molecule has 2 aliphatic rings. The third-order valence-corrected chi connectivity index (χ3v) is 4.41. The SMILES string of the molecule is C[C@H](NC(=O)NC(=O)CCl)[C@H]1C[C@H]2CC[C@H]1C2. The smallest absolute Gasteiger partial charge is 0.321 e. The van der Waals surface area contributed by atoms with Crippen LogP contribution in [0.2, 0.25) is 0 Å². The first-order valence-corrected chi connectivity index (χ1v) is 6.80. The molecule has 0 radical (unpaired) electrons. The summed E-state index contributed by atoms with van der Waals surface area (Å²) in [5, 5.41) is 5.05. The van der Waals surface area contributed by atoms with Gasteiger partial charge in [0.25, 0.3) is 0 Å². The third kappa shape index (κ3) is 2.92. The molecule has 0 aromatic rings. The highest BCUT2D eigenvalue weighted by Gasteiger charge is 2.42. The van der Waals surface area contributed by atoms with Gasteiger partial charge in [-0.25, -0.2) is 4.79 Å². The van der Waals surface area contributed by atoms with Crippen LogP contribution >= 0.6 is 11.6 Å². The van der Waals surface area contributed by atoms with Crippen molar-refractivity contribution in [3.8, 4) is 0 Å². The van der Waals surface area contributed by atoms with Crippen LogP contribution in [0.1, 0.15) is 32.6 Å². The predicted molar refractivity (Wildman–Crippen MR) is 65.8 cm³/mol. The van der Waals surface area contributed by atoms with Crippen LogP contribution in [-0.2, 0) is 4.79 Å². The monoisotopic (exact) mass is 258 g/mol. The fourth-order valence-electron chi connectivity index (χ4n) is 3.42. The number of fused-ring (bicyclic) bond motifs is 2. The zero-order valence-electron chi connectivity index (χ0n) is 10.0. The van der Waals surface area contributed by atoms with Crippen LogP contribution < -0.4 is 10.6 Å². The molecule has 0 heterocycles. The Bertz CT molecular complexity index is 322. The summed E-state index contributed by atoms with van der Waals surface area (Å²) in [4.78, 5) is 22.4. The average Bonchev–Trinajstić information content (AvgIpc) is 2.90. The van der Waals surface area contributed by atoms with Crippen molar-refractivity contribution in [1.29, 1.82) is 0 Å². The quantitative estimate of drug-likeness (QED) is 0.760.